The van der Waals surface area contributed by atoms with Crippen molar-refractivity contribution in [3.63, 3.8) is 0 Å². The van der Waals surface area contributed by atoms with Crippen LogP contribution in [0.3, 0.4) is 0 Å². The Morgan fingerprint density at radius 1 is 1.17 bits per heavy atom. The number of hydrogen-bond donors (Lipinski definition) is 1. The quantitative estimate of drug-likeness (QED) is 0.611. The SMILES string of the molecule is CCOc1ccc(CCN=C(N)N2CCOCC2)cc1OCC. The lowest BCUT2D eigenvalue weighted by Gasteiger charge is -2.27. The fourth-order valence-electron chi connectivity index (χ4n) is 2.44. The molecule has 0 saturated carbocycles. The topological polar surface area (TPSA) is 69.3 Å². The minimum absolute atomic E-state index is 0.601. The van der Waals surface area contributed by atoms with Gasteiger partial charge in [0.25, 0.3) is 0 Å². The van der Waals surface area contributed by atoms with Crippen molar-refractivity contribution in [2.75, 3.05) is 46.1 Å². The summed E-state index contributed by atoms with van der Waals surface area (Å²) in [5.74, 6) is 2.18. The summed E-state index contributed by atoms with van der Waals surface area (Å²) in [4.78, 5) is 6.53. The van der Waals surface area contributed by atoms with Crippen LogP contribution in [0.4, 0.5) is 0 Å². The fraction of sp³-hybridized carbons (Fsp3) is 0.588. The number of aliphatic imine (C=N–C) groups is 1. The van der Waals surface area contributed by atoms with Crippen molar-refractivity contribution in [2.45, 2.75) is 20.3 Å². The van der Waals surface area contributed by atoms with Crippen LogP contribution < -0.4 is 15.2 Å². The first kappa shape index (κ1) is 17.4. The molecule has 1 aromatic carbocycles. The molecule has 0 spiro atoms. The van der Waals surface area contributed by atoms with Crippen LogP contribution in [-0.2, 0) is 11.2 Å². The lowest BCUT2D eigenvalue weighted by Crippen LogP contribution is -2.44. The molecule has 128 valence electrons. The summed E-state index contributed by atoms with van der Waals surface area (Å²) in [5, 5.41) is 0. The van der Waals surface area contributed by atoms with Gasteiger partial charge in [-0.05, 0) is 38.0 Å². The lowest BCUT2D eigenvalue weighted by molar-refractivity contribution is 0.0674. The van der Waals surface area contributed by atoms with Crippen LogP contribution >= 0.6 is 0 Å². The Bertz CT molecular complexity index is 514. The maximum absolute atomic E-state index is 6.03. The number of rotatable bonds is 7. The Balaban J connectivity index is 1.92. The van der Waals surface area contributed by atoms with E-state index in [9.17, 15) is 0 Å². The maximum Gasteiger partial charge on any atom is 0.191 e. The first-order valence-electron chi connectivity index (χ1n) is 8.25. The molecule has 0 bridgehead atoms. The maximum atomic E-state index is 6.03. The molecule has 2 rings (SSSR count). The van der Waals surface area contributed by atoms with E-state index in [2.05, 4.69) is 9.89 Å². The van der Waals surface area contributed by atoms with Gasteiger partial charge in [0.2, 0.25) is 0 Å². The van der Waals surface area contributed by atoms with Crippen molar-refractivity contribution in [1.82, 2.24) is 4.90 Å². The Morgan fingerprint density at radius 2 is 1.87 bits per heavy atom. The van der Waals surface area contributed by atoms with Crippen LogP contribution in [0.1, 0.15) is 19.4 Å². The second-order valence-electron chi connectivity index (χ2n) is 5.24. The highest BCUT2D eigenvalue weighted by Crippen LogP contribution is 2.28. The predicted molar refractivity (Wildman–Crippen MR) is 91.4 cm³/mol. The molecule has 6 heteroatoms. The Kier molecular flexibility index (Phi) is 7.00. The zero-order valence-electron chi connectivity index (χ0n) is 14.1. The van der Waals surface area contributed by atoms with E-state index in [1.165, 1.54) is 0 Å². The molecular weight excluding hydrogens is 294 g/mol. The number of ether oxygens (including phenoxy) is 3. The molecule has 1 heterocycles. The Morgan fingerprint density at radius 3 is 2.57 bits per heavy atom. The van der Waals surface area contributed by atoms with E-state index in [-0.39, 0.29) is 0 Å². The standard InChI is InChI=1S/C17H27N3O3/c1-3-22-15-6-5-14(13-16(15)23-4-2)7-8-19-17(18)20-9-11-21-12-10-20/h5-6,13H,3-4,7-12H2,1-2H3,(H2,18,19). The van der Waals surface area contributed by atoms with Gasteiger partial charge in [-0.25, -0.2) is 0 Å². The average Bonchev–Trinajstić information content (AvgIpc) is 2.58. The molecule has 0 unspecified atom stereocenters. The molecule has 0 aliphatic carbocycles. The van der Waals surface area contributed by atoms with Crippen molar-refractivity contribution in [3.05, 3.63) is 23.8 Å². The number of nitrogens with two attached hydrogens (primary N) is 1. The summed E-state index contributed by atoms with van der Waals surface area (Å²) < 4.78 is 16.5. The molecular formula is C17H27N3O3. The van der Waals surface area contributed by atoms with Gasteiger partial charge in [-0.2, -0.15) is 0 Å². The second kappa shape index (κ2) is 9.25. The van der Waals surface area contributed by atoms with Crippen LogP contribution in [0.5, 0.6) is 11.5 Å². The van der Waals surface area contributed by atoms with Crippen LogP contribution in [0.25, 0.3) is 0 Å². The van der Waals surface area contributed by atoms with Crippen LogP contribution in [-0.4, -0.2) is 56.9 Å². The highest BCUT2D eigenvalue weighted by Gasteiger charge is 2.12. The normalized spacial score (nSPS) is 15.6. The fourth-order valence-corrected chi connectivity index (χ4v) is 2.44. The predicted octanol–water partition coefficient (Wildman–Crippen LogP) is 1.67. The van der Waals surface area contributed by atoms with Crippen LogP contribution in [0.15, 0.2) is 23.2 Å². The monoisotopic (exact) mass is 321 g/mol. The number of guanidine groups is 1. The van der Waals surface area contributed by atoms with Crippen molar-refractivity contribution >= 4 is 5.96 Å². The molecule has 6 nitrogen and oxygen atoms in total. The average molecular weight is 321 g/mol. The first-order chi connectivity index (χ1) is 11.2. The Hall–Kier alpha value is -1.95. The first-order valence-corrected chi connectivity index (χ1v) is 8.25. The third-order valence-corrected chi connectivity index (χ3v) is 3.62. The molecule has 1 fully saturated rings. The van der Waals surface area contributed by atoms with Gasteiger partial charge in [0, 0.05) is 19.6 Å². The molecule has 0 radical (unpaired) electrons. The van der Waals surface area contributed by atoms with E-state index >= 15 is 0 Å². The van der Waals surface area contributed by atoms with Gasteiger partial charge in [0.15, 0.2) is 17.5 Å². The van der Waals surface area contributed by atoms with E-state index in [0.717, 1.165) is 36.6 Å². The third-order valence-electron chi connectivity index (χ3n) is 3.62. The molecule has 23 heavy (non-hydrogen) atoms. The summed E-state index contributed by atoms with van der Waals surface area (Å²) in [6, 6.07) is 6.03. The smallest absolute Gasteiger partial charge is 0.191 e. The Labute approximate surface area is 138 Å². The number of morpholine rings is 1. The number of nitrogens with zero attached hydrogens (tertiary/aromatic N) is 2. The molecule has 0 amide bonds. The van der Waals surface area contributed by atoms with Crippen LogP contribution in [0.2, 0.25) is 0 Å². The summed E-state index contributed by atoms with van der Waals surface area (Å²) in [6.07, 6.45) is 0.817. The zero-order chi connectivity index (χ0) is 16.5. The summed E-state index contributed by atoms with van der Waals surface area (Å²) >= 11 is 0. The van der Waals surface area contributed by atoms with Gasteiger partial charge >= 0.3 is 0 Å². The summed E-state index contributed by atoms with van der Waals surface area (Å²) in [6.45, 7) is 8.89. The van der Waals surface area contributed by atoms with Gasteiger partial charge < -0.3 is 24.8 Å². The molecule has 0 atom stereocenters. The minimum Gasteiger partial charge on any atom is -0.490 e. The largest absolute Gasteiger partial charge is 0.490 e. The molecule has 1 saturated heterocycles. The molecule has 1 aliphatic rings. The van der Waals surface area contributed by atoms with Crippen molar-refractivity contribution in [2.24, 2.45) is 10.7 Å². The second-order valence-corrected chi connectivity index (χ2v) is 5.24. The van der Waals surface area contributed by atoms with Gasteiger partial charge in [-0.3, -0.25) is 4.99 Å². The van der Waals surface area contributed by atoms with E-state index < -0.39 is 0 Å². The van der Waals surface area contributed by atoms with E-state index in [1.54, 1.807) is 0 Å². The van der Waals surface area contributed by atoms with E-state index in [0.29, 0.717) is 38.9 Å². The molecule has 1 aliphatic heterocycles. The summed E-state index contributed by atoms with van der Waals surface area (Å²) in [7, 11) is 0. The number of hydrogen-bond acceptors (Lipinski definition) is 4. The lowest BCUT2D eigenvalue weighted by atomic mass is 10.1. The molecule has 2 N–H and O–H groups in total. The van der Waals surface area contributed by atoms with E-state index in [4.69, 9.17) is 19.9 Å². The van der Waals surface area contributed by atoms with Crippen LogP contribution in [0, 0.1) is 0 Å². The van der Waals surface area contributed by atoms with Gasteiger partial charge in [-0.15, -0.1) is 0 Å². The van der Waals surface area contributed by atoms with Crippen molar-refractivity contribution in [1.29, 1.82) is 0 Å². The summed E-state index contributed by atoms with van der Waals surface area (Å²) in [5.41, 5.74) is 7.19. The van der Waals surface area contributed by atoms with E-state index in [1.807, 2.05) is 32.0 Å². The zero-order valence-corrected chi connectivity index (χ0v) is 14.1. The molecule has 0 aromatic heterocycles. The van der Waals surface area contributed by atoms with Gasteiger partial charge in [0.1, 0.15) is 0 Å². The van der Waals surface area contributed by atoms with Gasteiger partial charge in [0.05, 0.1) is 26.4 Å². The molecule has 1 aromatic rings. The third kappa shape index (κ3) is 5.32. The minimum atomic E-state index is 0.601. The van der Waals surface area contributed by atoms with Crippen molar-refractivity contribution < 1.29 is 14.2 Å². The van der Waals surface area contributed by atoms with Crippen molar-refractivity contribution in [3.8, 4) is 11.5 Å². The highest BCUT2D eigenvalue weighted by molar-refractivity contribution is 5.78. The van der Waals surface area contributed by atoms with Gasteiger partial charge in [-0.1, -0.05) is 6.07 Å². The number of benzene rings is 1. The highest BCUT2D eigenvalue weighted by atomic mass is 16.5.